The van der Waals surface area contributed by atoms with E-state index in [0.29, 0.717) is 0 Å². The van der Waals surface area contributed by atoms with E-state index in [1.165, 1.54) is 20.8 Å². The molecule has 0 rings (SSSR count). The molecule has 1 amide bonds. The van der Waals surface area contributed by atoms with E-state index in [2.05, 4.69) is 5.32 Å². The molecule has 0 unspecified atom stereocenters. The summed E-state index contributed by atoms with van der Waals surface area (Å²) >= 11 is 0. The van der Waals surface area contributed by atoms with Crippen LogP contribution < -0.4 is 5.32 Å². The van der Waals surface area contributed by atoms with Crippen LogP contribution in [0.1, 0.15) is 20.8 Å². The summed E-state index contributed by atoms with van der Waals surface area (Å²) in [6.07, 6.45) is 0. The number of amides is 1. The molecule has 5 nitrogen and oxygen atoms in total. The van der Waals surface area contributed by atoms with Crippen LogP contribution in [0.25, 0.3) is 0 Å². The summed E-state index contributed by atoms with van der Waals surface area (Å²) in [4.78, 5) is 21.0. The average Bonchev–Trinajstić information content (AvgIpc) is 1.79. The summed E-state index contributed by atoms with van der Waals surface area (Å²) < 4.78 is 0. The highest BCUT2D eigenvalue weighted by Gasteiger charge is 2.33. The molecular formula is C7H13NO4. The monoisotopic (exact) mass is 175 g/mol. The number of rotatable bonds is 3. The zero-order chi connectivity index (χ0) is 9.94. The van der Waals surface area contributed by atoms with Gasteiger partial charge in [-0.05, 0) is 13.8 Å². The molecule has 0 fully saturated rings. The van der Waals surface area contributed by atoms with Crippen molar-refractivity contribution >= 4 is 11.9 Å². The van der Waals surface area contributed by atoms with Gasteiger partial charge in [0.25, 0.3) is 0 Å². The lowest BCUT2D eigenvalue weighted by molar-refractivity contribution is -0.148. The molecule has 0 saturated heterocycles. The number of carboxylic acids is 1. The first-order valence-electron chi connectivity index (χ1n) is 3.47. The van der Waals surface area contributed by atoms with Crippen molar-refractivity contribution in [3.63, 3.8) is 0 Å². The van der Waals surface area contributed by atoms with Crippen molar-refractivity contribution in [3.05, 3.63) is 0 Å². The van der Waals surface area contributed by atoms with E-state index in [1.807, 2.05) is 0 Å². The fraction of sp³-hybridized carbons (Fsp3) is 0.714. The number of carbonyl (C=O) groups excluding carboxylic acids is 1. The van der Waals surface area contributed by atoms with Crippen molar-refractivity contribution in [2.45, 2.75) is 32.4 Å². The summed E-state index contributed by atoms with van der Waals surface area (Å²) in [6.45, 7) is 3.84. The molecule has 0 aliphatic carbocycles. The van der Waals surface area contributed by atoms with Gasteiger partial charge in [0.1, 0.15) is 0 Å². The Kier molecular flexibility index (Phi) is 3.21. The highest BCUT2D eigenvalue weighted by molar-refractivity contribution is 5.83. The van der Waals surface area contributed by atoms with Gasteiger partial charge in [-0.3, -0.25) is 4.79 Å². The van der Waals surface area contributed by atoms with Gasteiger partial charge in [0, 0.05) is 6.92 Å². The number of aliphatic carboxylic acids is 1. The Bertz CT molecular complexity index is 194. The van der Waals surface area contributed by atoms with Crippen LogP contribution in [-0.2, 0) is 9.59 Å². The molecule has 0 heterocycles. The summed E-state index contributed by atoms with van der Waals surface area (Å²) in [5.41, 5.74) is -1.46. The van der Waals surface area contributed by atoms with Crippen LogP contribution in [0.5, 0.6) is 0 Å². The Morgan fingerprint density at radius 1 is 1.42 bits per heavy atom. The minimum Gasteiger partial charge on any atom is -0.480 e. The Hall–Kier alpha value is -1.10. The molecule has 3 N–H and O–H groups in total. The third-order valence-electron chi connectivity index (χ3n) is 1.30. The van der Waals surface area contributed by atoms with E-state index in [0.717, 1.165) is 0 Å². The highest BCUT2D eigenvalue weighted by atomic mass is 16.4. The van der Waals surface area contributed by atoms with Crippen molar-refractivity contribution in [1.82, 2.24) is 5.32 Å². The predicted molar refractivity (Wildman–Crippen MR) is 41.5 cm³/mol. The Balaban J connectivity index is 4.46. The molecule has 0 spiro atoms. The molecule has 0 saturated carbocycles. The van der Waals surface area contributed by atoms with Crippen LogP contribution in [-0.4, -0.2) is 33.7 Å². The molecule has 0 aliphatic rings. The average molecular weight is 175 g/mol. The van der Waals surface area contributed by atoms with E-state index >= 15 is 0 Å². The van der Waals surface area contributed by atoms with Crippen LogP contribution >= 0.6 is 0 Å². The maximum absolute atomic E-state index is 10.5. The number of hydrogen-bond donors (Lipinski definition) is 3. The molecule has 0 aromatic carbocycles. The van der Waals surface area contributed by atoms with Crippen LogP contribution in [0.2, 0.25) is 0 Å². The van der Waals surface area contributed by atoms with Crippen molar-refractivity contribution in [2.24, 2.45) is 0 Å². The molecular weight excluding hydrogens is 162 g/mol. The first-order chi connectivity index (χ1) is 5.25. The van der Waals surface area contributed by atoms with Crippen LogP contribution in [0.15, 0.2) is 0 Å². The second kappa shape index (κ2) is 3.53. The third kappa shape index (κ3) is 3.34. The lowest BCUT2D eigenvalue weighted by Gasteiger charge is -2.25. The fourth-order valence-corrected chi connectivity index (χ4v) is 0.744. The quantitative estimate of drug-likeness (QED) is 0.531. The van der Waals surface area contributed by atoms with Crippen LogP contribution in [0.3, 0.4) is 0 Å². The van der Waals surface area contributed by atoms with Gasteiger partial charge in [-0.1, -0.05) is 0 Å². The summed E-state index contributed by atoms with van der Waals surface area (Å²) in [7, 11) is 0. The van der Waals surface area contributed by atoms with Gasteiger partial charge in [-0.25, -0.2) is 4.79 Å². The number of hydrogen-bond acceptors (Lipinski definition) is 3. The second-order valence-corrected chi connectivity index (χ2v) is 3.13. The summed E-state index contributed by atoms with van der Waals surface area (Å²) in [5.74, 6) is -1.73. The van der Waals surface area contributed by atoms with Crippen LogP contribution in [0, 0.1) is 0 Å². The number of nitrogens with one attached hydrogen (secondary N) is 1. The molecule has 0 aromatic heterocycles. The van der Waals surface area contributed by atoms with Gasteiger partial charge in [0.2, 0.25) is 5.91 Å². The normalized spacial score (nSPS) is 13.7. The summed E-state index contributed by atoms with van der Waals surface area (Å²) in [6, 6.07) is -1.27. The molecule has 0 aromatic rings. The van der Waals surface area contributed by atoms with E-state index in [4.69, 9.17) is 5.11 Å². The Labute approximate surface area is 70.4 Å². The largest absolute Gasteiger partial charge is 0.480 e. The van der Waals surface area contributed by atoms with E-state index in [9.17, 15) is 14.7 Å². The van der Waals surface area contributed by atoms with Gasteiger partial charge in [-0.2, -0.15) is 0 Å². The lowest BCUT2D eigenvalue weighted by atomic mass is 9.99. The van der Waals surface area contributed by atoms with Gasteiger partial charge < -0.3 is 15.5 Å². The molecule has 5 heteroatoms. The van der Waals surface area contributed by atoms with E-state index < -0.39 is 23.5 Å². The minimum atomic E-state index is -1.46. The van der Waals surface area contributed by atoms with Gasteiger partial charge in [0.15, 0.2) is 6.04 Å². The zero-order valence-electron chi connectivity index (χ0n) is 7.29. The van der Waals surface area contributed by atoms with E-state index in [1.54, 1.807) is 0 Å². The Morgan fingerprint density at radius 2 is 1.83 bits per heavy atom. The SMILES string of the molecule is CC(=O)N[C@@H](C(=O)O)C(C)(C)O. The fourth-order valence-electron chi connectivity index (χ4n) is 0.744. The summed E-state index contributed by atoms with van der Waals surface area (Å²) in [5, 5.41) is 20.0. The maximum atomic E-state index is 10.5. The maximum Gasteiger partial charge on any atom is 0.329 e. The molecule has 1 atom stereocenters. The number of aliphatic hydroxyl groups is 1. The molecule has 0 aliphatic heterocycles. The number of carbonyl (C=O) groups is 2. The molecule has 0 radical (unpaired) electrons. The van der Waals surface area contributed by atoms with Gasteiger partial charge >= 0.3 is 5.97 Å². The molecule has 0 bridgehead atoms. The molecule has 12 heavy (non-hydrogen) atoms. The minimum absolute atomic E-state index is 0.482. The third-order valence-corrected chi connectivity index (χ3v) is 1.30. The van der Waals surface area contributed by atoms with Gasteiger partial charge in [0.05, 0.1) is 5.60 Å². The van der Waals surface area contributed by atoms with Crippen molar-refractivity contribution in [1.29, 1.82) is 0 Å². The first-order valence-corrected chi connectivity index (χ1v) is 3.47. The Morgan fingerprint density at radius 3 is 1.92 bits per heavy atom. The van der Waals surface area contributed by atoms with Crippen molar-refractivity contribution in [2.75, 3.05) is 0 Å². The smallest absolute Gasteiger partial charge is 0.329 e. The zero-order valence-corrected chi connectivity index (χ0v) is 7.29. The van der Waals surface area contributed by atoms with Crippen molar-refractivity contribution in [3.8, 4) is 0 Å². The molecule has 70 valence electrons. The topological polar surface area (TPSA) is 86.6 Å². The number of carboxylic acid groups (broad SMARTS) is 1. The predicted octanol–water partition coefficient (Wildman–Crippen LogP) is -0.653. The second-order valence-electron chi connectivity index (χ2n) is 3.13. The van der Waals surface area contributed by atoms with Gasteiger partial charge in [-0.15, -0.1) is 0 Å². The van der Waals surface area contributed by atoms with E-state index in [-0.39, 0.29) is 0 Å². The lowest BCUT2D eigenvalue weighted by Crippen LogP contribution is -2.53. The standard InChI is InChI=1S/C7H13NO4/c1-4(9)8-5(6(10)11)7(2,3)12/h5,12H,1-3H3,(H,8,9)(H,10,11)/t5-/m0/s1. The van der Waals surface area contributed by atoms with Crippen molar-refractivity contribution < 1.29 is 19.8 Å². The first kappa shape index (κ1) is 10.9. The highest BCUT2D eigenvalue weighted by Crippen LogP contribution is 2.08. The van der Waals surface area contributed by atoms with Crippen LogP contribution in [0.4, 0.5) is 0 Å².